The van der Waals surface area contributed by atoms with E-state index in [2.05, 4.69) is 18.8 Å². The molecule has 1 rings (SSSR count). The molecule has 0 atom stereocenters. The van der Waals surface area contributed by atoms with Gasteiger partial charge in [-0.15, -0.1) is 0 Å². The van der Waals surface area contributed by atoms with E-state index in [1.807, 2.05) is 11.8 Å². The molecule has 1 N–H and O–H groups in total. The van der Waals surface area contributed by atoms with Crippen molar-refractivity contribution in [1.82, 2.24) is 4.98 Å². The van der Waals surface area contributed by atoms with E-state index in [-0.39, 0.29) is 17.1 Å². The molecule has 1 aromatic heterocycles. The molecule has 0 fully saturated rings. The van der Waals surface area contributed by atoms with E-state index in [0.29, 0.717) is 19.0 Å². The zero-order chi connectivity index (χ0) is 16.0. The maximum Gasteiger partial charge on any atom is 0.337 e. The molecule has 116 valence electrons. The first-order valence-electron chi connectivity index (χ1n) is 7.07. The number of carboxylic acids is 1. The third kappa shape index (κ3) is 4.14. The van der Waals surface area contributed by atoms with Gasteiger partial charge in [-0.05, 0) is 12.8 Å². The molecule has 1 heterocycles. The molecule has 0 aliphatic rings. The lowest BCUT2D eigenvalue weighted by atomic mass is 10.0. The lowest BCUT2D eigenvalue weighted by molar-refractivity contribution is -0.384. The minimum atomic E-state index is -1.22. The number of rotatable bonds is 8. The fraction of sp³-hybridized carbons (Fsp3) is 0.571. The van der Waals surface area contributed by atoms with Crippen LogP contribution in [0.25, 0.3) is 0 Å². The third-order valence-corrected chi connectivity index (χ3v) is 3.61. The predicted octanol–water partition coefficient (Wildman–Crippen LogP) is 2.95. The number of carboxylic acid groups (broad SMARTS) is 1. The van der Waals surface area contributed by atoms with E-state index in [1.54, 1.807) is 0 Å². The highest BCUT2D eigenvalue weighted by atomic mass is 16.6. The quantitative estimate of drug-likeness (QED) is 0.585. The van der Waals surface area contributed by atoms with Crippen molar-refractivity contribution in [1.29, 1.82) is 0 Å². The second-order valence-electron chi connectivity index (χ2n) is 4.85. The molecule has 21 heavy (non-hydrogen) atoms. The zero-order valence-electron chi connectivity index (χ0n) is 12.6. The van der Waals surface area contributed by atoms with E-state index in [0.717, 1.165) is 18.9 Å². The molecule has 0 saturated heterocycles. The van der Waals surface area contributed by atoms with Crippen molar-refractivity contribution in [3.05, 3.63) is 27.9 Å². The van der Waals surface area contributed by atoms with Crippen molar-refractivity contribution in [2.24, 2.45) is 5.92 Å². The average Bonchev–Trinajstić information content (AvgIpc) is 2.48. The second kappa shape index (κ2) is 7.56. The lowest BCUT2D eigenvalue weighted by Gasteiger charge is -2.26. The molecule has 1 aromatic rings. The number of nitrogens with zero attached hydrogens (tertiary/aromatic N) is 3. The topological polar surface area (TPSA) is 96.6 Å². The monoisotopic (exact) mass is 295 g/mol. The Bertz CT molecular complexity index is 515. The number of carbonyl (C=O) groups is 1. The maximum absolute atomic E-state index is 11.2. The van der Waals surface area contributed by atoms with Gasteiger partial charge in [0.1, 0.15) is 0 Å². The summed E-state index contributed by atoms with van der Waals surface area (Å²) in [5.74, 6) is -0.565. The van der Waals surface area contributed by atoms with Crippen LogP contribution < -0.4 is 4.90 Å². The Hall–Kier alpha value is -2.18. The van der Waals surface area contributed by atoms with Crippen molar-refractivity contribution in [2.75, 3.05) is 18.0 Å². The summed E-state index contributed by atoms with van der Waals surface area (Å²) in [4.78, 5) is 27.4. The van der Waals surface area contributed by atoms with Gasteiger partial charge in [0.05, 0.1) is 10.5 Å². The second-order valence-corrected chi connectivity index (χ2v) is 4.85. The van der Waals surface area contributed by atoms with Crippen LogP contribution in [0.2, 0.25) is 0 Å². The van der Waals surface area contributed by atoms with Crippen LogP contribution in [0.1, 0.15) is 44.0 Å². The van der Waals surface area contributed by atoms with Crippen molar-refractivity contribution in [2.45, 2.75) is 33.6 Å². The van der Waals surface area contributed by atoms with Gasteiger partial charge in [-0.25, -0.2) is 9.78 Å². The summed E-state index contributed by atoms with van der Waals surface area (Å²) in [5.41, 5.74) is -0.438. The first-order chi connectivity index (χ1) is 9.94. The van der Waals surface area contributed by atoms with Crippen LogP contribution in [-0.2, 0) is 0 Å². The summed E-state index contributed by atoms with van der Waals surface area (Å²) in [6, 6.07) is 1.07. The summed E-state index contributed by atoms with van der Waals surface area (Å²) in [7, 11) is 0. The van der Waals surface area contributed by atoms with Crippen molar-refractivity contribution in [3.63, 3.8) is 0 Å². The number of aromatic nitrogens is 1. The van der Waals surface area contributed by atoms with Gasteiger partial charge in [0.2, 0.25) is 5.82 Å². The Morgan fingerprint density at radius 1 is 1.43 bits per heavy atom. The number of hydrogen-bond donors (Lipinski definition) is 1. The highest BCUT2D eigenvalue weighted by Crippen LogP contribution is 2.28. The van der Waals surface area contributed by atoms with Crippen molar-refractivity contribution in [3.8, 4) is 0 Å². The number of hydrogen-bond acceptors (Lipinski definition) is 5. The van der Waals surface area contributed by atoms with E-state index < -0.39 is 10.9 Å². The van der Waals surface area contributed by atoms with Crippen LogP contribution in [0.5, 0.6) is 0 Å². The largest absolute Gasteiger partial charge is 0.478 e. The SMILES string of the molecule is CCC(CC)CN(CC)c1ncc(C(=O)O)cc1[N+](=O)[O-]. The molecule has 0 bridgehead atoms. The van der Waals surface area contributed by atoms with Gasteiger partial charge in [-0.3, -0.25) is 10.1 Å². The normalized spacial score (nSPS) is 10.7. The van der Waals surface area contributed by atoms with Gasteiger partial charge in [-0.2, -0.15) is 0 Å². The standard InChI is InChI=1S/C14H21N3O4/c1-4-10(5-2)9-16(6-3)13-12(17(20)21)7-11(8-15-13)14(18)19/h7-8,10H,4-6,9H2,1-3H3,(H,18,19). The summed E-state index contributed by atoms with van der Waals surface area (Å²) in [5, 5.41) is 20.1. The molecule has 7 nitrogen and oxygen atoms in total. The molecular formula is C14H21N3O4. The Morgan fingerprint density at radius 2 is 2.05 bits per heavy atom. The molecule has 7 heteroatoms. The van der Waals surface area contributed by atoms with Gasteiger partial charge in [-0.1, -0.05) is 26.7 Å². The molecule has 0 aliphatic heterocycles. The predicted molar refractivity (Wildman–Crippen MR) is 79.8 cm³/mol. The van der Waals surface area contributed by atoms with Gasteiger partial charge < -0.3 is 10.0 Å². The highest BCUT2D eigenvalue weighted by molar-refractivity contribution is 5.88. The van der Waals surface area contributed by atoms with Crippen LogP contribution in [0.4, 0.5) is 11.5 Å². The van der Waals surface area contributed by atoms with Crippen LogP contribution in [0.15, 0.2) is 12.3 Å². The first kappa shape index (κ1) is 16.9. The Morgan fingerprint density at radius 3 is 2.48 bits per heavy atom. The minimum Gasteiger partial charge on any atom is -0.478 e. The maximum atomic E-state index is 11.2. The van der Waals surface area contributed by atoms with Gasteiger partial charge in [0.15, 0.2) is 0 Å². The fourth-order valence-electron chi connectivity index (χ4n) is 2.16. The number of aromatic carboxylic acids is 1. The van der Waals surface area contributed by atoms with E-state index in [9.17, 15) is 14.9 Å². The van der Waals surface area contributed by atoms with E-state index in [1.165, 1.54) is 6.20 Å². The lowest BCUT2D eigenvalue weighted by Crippen LogP contribution is -2.30. The van der Waals surface area contributed by atoms with Crippen molar-refractivity contribution < 1.29 is 14.8 Å². The van der Waals surface area contributed by atoms with E-state index >= 15 is 0 Å². The molecule has 0 amide bonds. The van der Waals surface area contributed by atoms with Crippen LogP contribution in [-0.4, -0.2) is 34.1 Å². The molecule has 0 unspecified atom stereocenters. The Balaban J connectivity index is 3.19. The van der Waals surface area contributed by atoms with Gasteiger partial charge >= 0.3 is 11.7 Å². The molecule has 0 saturated carbocycles. The Kier molecular flexibility index (Phi) is 6.08. The van der Waals surface area contributed by atoms with Gasteiger partial charge in [0, 0.05) is 25.4 Å². The zero-order valence-corrected chi connectivity index (χ0v) is 12.6. The smallest absolute Gasteiger partial charge is 0.337 e. The average molecular weight is 295 g/mol. The van der Waals surface area contributed by atoms with Crippen molar-refractivity contribution >= 4 is 17.5 Å². The number of nitro groups is 1. The fourth-order valence-corrected chi connectivity index (χ4v) is 2.16. The molecule has 0 spiro atoms. The molecular weight excluding hydrogens is 274 g/mol. The number of anilines is 1. The molecule has 0 aromatic carbocycles. The minimum absolute atomic E-state index is 0.177. The van der Waals surface area contributed by atoms with Gasteiger partial charge in [0.25, 0.3) is 0 Å². The summed E-state index contributed by atoms with van der Waals surface area (Å²) < 4.78 is 0. The number of pyridine rings is 1. The van der Waals surface area contributed by atoms with Crippen LogP contribution in [0, 0.1) is 16.0 Å². The third-order valence-electron chi connectivity index (χ3n) is 3.61. The van der Waals surface area contributed by atoms with Crippen LogP contribution >= 0.6 is 0 Å². The summed E-state index contributed by atoms with van der Waals surface area (Å²) >= 11 is 0. The molecule has 0 radical (unpaired) electrons. The summed E-state index contributed by atoms with van der Waals surface area (Å²) in [6.45, 7) is 7.31. The first-order valence-corrected chi connectivity index (χ1v) is 7.07. The molecule has 0 aliphatic carbocycles. The summed E-state index contributed by atoms with van der Waals surface area (Å²) in [6.07, 6.45) is 3.13. The Labute approximate surface area is 123 Å². The highest BCUT2D eigenvalue weighted by Gasteiger charge is 2.24. The van der Waals surface area contributed by atoms with E-state index in [4.69, 9.17) is 5.11 Å². The van der Waals surface area contributed by atoms with Crippen LogP contribution in [0.3, 0.4) is 0 Å².